The number of hydrogen-bond donors (Lipinski definition) is 2. The van der Waals surface area contributed by atoms with E-state index in [-0.39, 0.29) is 16.9 Å². The first kappa shape index (κ1) is 25.1. The lowest BCUT2D eigenvalue weighted by Crippen LogP contribution is -2.31. The van der Waals surface area contributed by atoms with E-state index in [1.165, 1.54) is 37.5 Å². The molecular formula is C24H19Br2N3O5. The van der Waals surface area contributed by atoms with Crippen LogP contribution < -0.4 is 15.4 Å². The Bertz CT molecular complexity index is 1310. The number of rotatable bonds is 7. The largest absolute Gasteiger partial charge is 0.497 e. The first-order valence-electron chi connectivity index (χ1n) is 9.86. The van der Waals surface area contributed by atoms with Crippen LogP contribution in [0, 0.1) is 17.0 Å². The summed E-state index contributed by atoms with van der Waals surface area (Å²) in [6.07, 6.45) is 1.37. The van der Waals surface area contributed by atoms with Gasteiger partial charge in [-0.1, -0.05) is 18.2 Å². The van der Waals surface area contributed by atoms with Gasteiger partial charge in [0.15, 0.2) is 0 Å². The Morgan fingerprint density at radius 2 is 1.79 bits per heavy atom. The van der Waals surface area contributed by atoms with Crippen molar-refractivity contribution in [2.45, 2.75) is 6.92 Å². The van der Waals surface area contributed by atoms with Crippen molar-refractivity contribution in [3.05, 3.63) is 102 Å². The van der Waals surface area contributed by atoms with Crippen molar-refractivity contribution < 1.29 is 19.2 Å². The van der Waals surface area contributed by atoms with Crippen LogP contribution in [-0.4, -0.2) is 23.8 Å². The molecule has 0 aliphatic carbocycles. The number of nitrogens with one attached hydrogen (secondary N) is 2. The standard InChI is InChI=1S/C24H19Br2N3O5/c1-14-6-9-21(20(26)10-14)27-24(31)22(12-15-4-3-5-16(11-15)29(32)33)28-23(30)18-13-17(34-2)7-8-19(18)25/h3-13H,1-2H3,(H,27,31)(H,28,30). The molecule has 0 radical (unpaired) electrons. The molecule has 0 bridgehead atoms. The van der Waals surface area contributed by atoms with Crippen LogP contribution in [0.2, 0.25) is 0 Å². The van der Waals surface area contributed by atoms with Gasteiger partial charge in [0.05, 0.1) is 23.3 Å². The smallest absolute Gasteiger partial charge is 0.272 e. The lowest BCUT2D eigenvalue weighted by atomic mass is 10.1. The highest BCUT2D eigenvalue weighted by atomic mass is 79.9. The van der Waals surface area contributed by atoms with Crippen LogP contribution in [0.5, 0.6) is 5.75 Å². The van der Waals surface area contributed by atoms with Crippen molar-refractivity contribution in [2.24, 2.45) is 0 Å². The molecule has 0 saturated carbocycles. The van der Waals surface area contributed by atoms with Crippen molar-refractivity contribution in [3.63, 3.8) is 0 Å². The van der Waals surface area contributed by atoms with E-state index in [4.69, 9.17) is 4.74 Å². The Kier molecular flexibility index (Phi) is 8.19. The minimum Gasteiger partial charge on any atom is -0.497 e. The van der Waals surface area contributed by atoms with Crippen LogP contribution in [0.25, 0.3) is 6.08 Å². The third kappa shape index (κ3) is 6.30. The zero-order chi connectivity index (χ0) is 24.8. The average molecular weight is 589 g/mol. The fourth-order valence-electron chi connectivity index (χ4n) is 2.96. The monoisotopic (exact) mass is 587 g/mol. The number of nitro benzene ring substituents is 1. The van der Waals surface area contributed by atoms with Gasteiger partial charge < -0.3 is 15.4 Å². The molecule has 2 amide bonds. The van der Waals surface area contributed by atoms with Gasteiger partial charge in [0.2, 0.25) is 0 Å². The maximum atomic E-state index is 13.2. The molecule has 34 heavy (non-hydrogen) atoms. The minimum atomic E-state index is -0.608. The molecule has 0 atom stereocenters. The fraction of sp³-hybridized carbons (Fsp3) is 0.0833. The second-order valence-electron chi connectivity index (χ2n) is 7.15. The Morgan fingerprint density at radius 3 is 2.47 bits per heavy atom. The van der Waals surface area contributed by atoms with Gasteiger partial charge in [0.25, 0.3) is 17.5 Å². The van der Waals surface area contributed by atoms with E-state index < -0.39 is 16.7 Å². The Labute approximate surface area is 212 Å². The normalized spacial score (nSPS) is 11.0. The molecule has 3 rings (SSSR count). The van der Waals surface area contributed by atoms with Gasteiger partial charge in [-0.2, -0.15) is 0 Å². The zero-order valence-electron chi connectivity index (χ0n) is 18.1. The van der Waals surface area contributed by atoms with Crippen LogP contribution in [0.4, 0.5) is 11.4 Å². The second kappa shape index (κ2) is 11.1. The van der Waals surface area contributed by atoms with Gasteiger partial charge in [-0.05, 0) is 86.3 Å². The van der Waals surface area contributed by atoms with E-state index >= 15 is 0 Å². The molecule has 174 valence electrons. The molecule has 10 heteroatoms. The summed E-state index contributed by atoms with van der Waals surface area (Å²) in [6, 6.07) is 16.0. The number of carbonyl (C=O) groups excluding carboxylic acids is 2. The number of non-ortho nitro benzene ring substituents is 1. The van der Waals surface area contributed by atoms with Crippen molar-refractivity contribution in [3.8, 4) is 5.75 Å². The number of benzene rings is 3. The highest BCUT2D eigenvalue weighted by Gasteiger charge is 2.19. The van der Waals surface area contributed by atoms with E-state index in [0.717, 1.165) is 5.56 Å². The number of nitrogens with zero attached hydrogens (tertiary/aromatic N) is 1. The number of aryl methyl sites for hydroxylation is 1. The number of anilines is 1. The highest BCUT2D eigenvalue weighted by Crippen LogP contribution is 2.25. The van der Waals surface area contributed by atoms with Crippen LogP contribution in [-0.2, 0) is 4.79 Å². The van der Waals surface area contributed by atoms with Crippen LogP contribution in [0.15, 0.2) is 75.3 Å². The second-order valence-corrected chi connectivity index (χ2v) is 8.86. The van der Waals surface area contributed by atoms with Crippen molar-refractivity contribution in [2.75, 3.05) is 12.4 Å². The summed E-state index contributed by atoms with van der Waals surface area (Å²) >= 11 is 6.75. The summed E-state index contributed by atoms with van der Waals surface area (Å²) in [5.74, 6) is -0.713. The molecule has 0 fully saturated rings. The maximum absolute atomic E-state index is 13.2. The number of hydrogen-bond acceptors (Lipinski definition) is 5. The molecule has 0 aliphatic heterocycles. The number of methoxy groups -OCH3 is 1. The summed E-state index contributed by atoms with van der Waals surface area (Å²) in [4.78, 5) is 36.8. The fourth-order valence-corrected chi connectivity index (χ4v) is 3.98. The number of ether oxygens (including phenoxy) is 1. The summed E-state index contributed by atoms with van der Waals surface area (Å²) in [5.41, 5.74) is 1.86. The molecule has 2 N–H and O–H groups in total. The molecule has 8 nitrogen and oxygen atoms in total. The first-order chi connectivity index (χ1) is 16.2. The number of carbonyl (C=O) groups is 2. The van der Waals surface area contributed by atoms with Crippen LogP contribution in [0.1, 0.15) is 21.5 Å². The SMILES string of the molecule is COc1ccc(Br)c(C(=O)NC(=Cc2cccc([N+](=O)[O-])c2)C(=O)Nc2ccc(C)cc2Br)c1. The molecule has 0 unspecified atom stereocenters. The molecule has 0 saturated heterocycles. The van der Waals surface area contributed by atoms with Crippen LogP contribution >= 0.6 is 31.9 Å². The molecule has 0 aliphatic rings. The Balaban J connectivity index is 1.99. The number of amides is 2. The van der Waals surface area contributed by atoms with E-state index in [2.05, 4.69) is 42.5 Å². The number of halogens is 2. The first-order valence-corrected chi connectivity index (χ1v) is 11.4. The lowest BCUT2D eigenvalue weighted by Gasteiger charge is -2.14. The Morgan fingerprint density at radius 1 is 1.03 bits per heavy atom. The molecular weight excluding hydrogens is 570 g/mol. The third-order valence-electron chi connectivity index (χ3n) is 4.68. The van der Waals surface area contributed by atoms with Crippen molar-refractivity contribution in [1.82, 2.24) is 5.32 Å². The summed E-state index contributed by atoms with van der Waals surface area (Å²) in [7, 11) is 1.48. The third-order valence-corrected chi connectivity index (χ3v) is 6.02. The van der Waals surface area contributed by atoms with E-state index in [1.807, 2.05) is 19.1 Å². The molecule has 0 aromatic heterocycles. The molecule has 0 spiro atoms. The van der Waals surface area contributed by atoms with Gasteiger partial charge >= 0.3 is 0 Å². The van der Waals surface area contributed by atoms with Crippen LogP contribution in [0.3, 0.4) is 0 Å². The zero-order valence-corrected chi connectivity index (χ0v) is 21.3. The van der Waals surface area contributed by atoms with E-state index in [0.29, 0.717) is 25.9 Å². The van der Waals surface area contributed by atoms with Crippen molar-refractivity contribution >= 4 is 61.1 Å². The molecule has 3 aromatic carbocycles. The summed E-state index contributed by atoms with van der Waals surface area (Å²) < 4.78 is 6.35. The van der Waals surface area contributed by atoms with E-state index in [9.17, 15) is 19.7 Å². The highest BCUT2D eigenvalue weighted by molar-refractivity contribution is 9.11. The predicted molar refractivity (Wildman–Crippen MR) is 137 cm³/mol. The van der Waals surface area contributed by atoms with Gasteiger partial charge in [-0.25, -0.2) is 0 Å². The van der Waals surface area contributed by atoms with Gasteiger partial charge in [0, 0.05) is 21.1 Å². The van der Waals surface area contributed by atoms with E-state index in [1.54, 1.807) is 24.3 Å². The summed E-state index contributed by atoms with van der Waals surface area (Å²) in [5, 5.41) is 16.5. The molecule has 3 aromatic rings. The van der Waals surface area contributed by atoms with Gasteiger partial charge in [0.1, 0.15) is 11.4 Å². The minimum absolute atomic E-state index is 0.104. The molecule has 0 heterocycles. The number of nitro groups is 1. The Hall–Kier alpha value is -3.50. The summed E-state index contributed by atoms with van der Waals surface area (Å²) in [6.45, 7) is 1.91. The average Bonchev–Trinajstić information content (AvgIpc) is 2.80. The van der Waals surface area contributed by atoms with Gasteiger partial charge in [-0.15, -0.1) is 0 Å². The predicted octanol–water partition coefficient (Wildman–Crippen LogP) is 5.85. The van der Waals surface area contributed by atoms with Gasteiger partial charge in [-0.3, -0.25) is 19.7 Å². The topological polar surface area (TPSA) is 111 Å². The lowest BCUT2D eigenvalue weighted by molar-refractivity contribution is -0.384. The maximum Gasteiger partial charge on any atom is 0.272 e. The van der Waals surface area contributed by atoms with Crippen molar-refractivity contribution in [1.29, 1.82) is 0 Å². The quantitative estimate of drug-likeness (QED) is 0.204.